The van der Waals surface area contributed by atoms with Gasteiger partial charge in [0.1, 0.15) is 21.6 Å². The first-order valence-electron chi connectivity index (χ1n) is 13.9. The van der Waals surface area contributed by atoms with Crippen molar-refractivity contribution in [3.63, 3.8) is 0 Å². The Morgan fingerprint density at radius 3 is 2.50 bits per heavy atom. The summed E-state index contributed by atoms with van der Waals surface area (Å²) < 4.78 is 16.4. The number of fused-ring (bicyclic) bond motifs is 1. The Morgan fingerprint density at radius 1 is 1.05 bits per heavy atom. The zero-order chi connectivity index (χ0) is 28.2. The van der Waals surface area contributed by atoms with Crippen molar-refractivity contribution in [1.82, 2.24) is 14.3 Å². The molecule has 5 rings (SSSR count). The third-order valence-corrected chi connectivity index (χ3v) is 9.03. The molecule has 2 aromatic heterocycles. The summed E-state index contributed by atoms with van der Waals surface area (Å²) >= 11 is 6.86. The lowest BCUT2D eigenvalue weighted by Crippen LogP contribution is -2.47. The van der Waals surface area contributed by atoms with E-state index in [1.807, 2.05) is 17.0 Å². The molecule has 0 radical (unpaired) electrons. The van der Waals surface area contributed by atoms with Crippen molar-refractivity contribution >= 4 is 57.4 Å². The molecule has 1 atom stereocenters. The van der Waals surface area contributed by atoms with Crippen LogP contribution in [0.3, 0.4) is 0 Å². The van der Waals surface area contributed by atoms with Gasteiger partial charge in [0, 0.05) is 38.9 Å². The molecule has 2 aliphatic rings. The summed E-state index contributed by atoms with van der Waals surface area (Å²) in [5.74, 6) is 0.513. The smallest absolute Gasteiger partial charge is 0.267 e. The monoisotopic (exact) mass is 579 g/mol. The molecule has 1 amide bonds. The first-order valence-corrected chi connectivity index (χ1v) is 15.1. The normalized spacial score (nSPS) is 17.9. The predicted molar refractivity (Wildman–Crippen MR) is 165 cm³/mol. The molecule has 2 saturated heterocycles. The Bertz CT molecular complexity index is 1500. The van der Waals surface area contributed by atoms with Crippen LogP contribution >= 0.6 is 24.0 Å². The number of benzene rings is 1. The highest BCUT2D eigenvalue weighted by Crippen LogP contribution is 2.35. The number of piperazine rings is 1. The molecule has 210 valence electrons. The number of rotatable bonds is 9. The van der Waals surface area contributed by atoms with Gasteiger partial charge < -0.3 is 9.80 Å². The summed E-state index contributed by atoms with van der Waals surface area (Å²) in [6, 6.07) is 12.2. The van der Waals surface area contributed by atoms with E-state index in [-0.39, 0.29) is 17.3 Å². The lowest BCUT2D eigenvalue weighted by atomic mass is 9.99. The number of unbranched alkanes of at least 4 members (excludes halogenated alkanes) is 1. The van der Waals surface area contributed by atoms with Crippen LogP contribution in [-0.2, 0) is 4.79 Å². The second-order valence-corrected chi connectivity index (χ2v) is 11.9. The molecule has 0 spiro atoms. The van der Waals surface area contributed by atoms with Gasteiger partial charge in [-0.3, -0.25) is 18.9 Å². The lowest BCUT2D eigenvalue weighted by Gasteiger charge is -2.37. The number of aromatic nitrogens is 2. The summed E-state index contributed by atoms with van der Waals surface area (Å²) in [5.41, 5.74) is 1.23. The standard InChI is InChI=1S/C30H34FN5O2S2/c1-3-5-10-21(4-2)20-36-29(38)25(40-30(36)39)19-22-27(32-26-13-8-9-14-35(26)28(22)37)34-17-15-33(16-18-34)24-12-7-6-11-23(24)31/h6-9,11-14,19,21H,3-5,10,15-18,20H2,1-2H3/b25-19+. The number of halogens is 1. The third-order valence-electron chi connectivity index (χ3n) is 7.65. The van der Waals surface area contributed by atoms with Crippen LogP contribution in [0.1, 0.15) is 45.1 Å². The third kappa shape index (κ3) is 5.78. The van der Waals surface area contributed by atoms with E-state index in [2.05, 4.69) is 18.7 Å². The van der Waals surface area contributed by atoms with E-state index >= 15 is 0 Å². The first-order chi connectivity index (χ1) is 19.4. The average molecular weight is 580 g/mol. The molecule has 0 bridgehead atoms. The van der Waals surface area contributed by atoms with Gasteiger partial charge in [-0.15, -0.1) is 0 Å². The zero-order valence-corrected chi connectivity index (χ0v) is 24.5. The highest BCUT2D eigenvalue weighted by Gasteiger charge is 2.34. The summed E-state index contributed by atoms with van der Waals surface area (Å²) in [6.07, 6.45) is 7.63. The van der Waals surface area contributed by atoms with E-state index in [1.165, 1.54) is 22.2 Å². The van der Waals surface area contributed by atoms with Crippen LogP contribution in [-0.4, -0.2) is 57.2 Å². The van der Waals surface area contributed by atoms with Crippen molar-refractivity contribution in [3.8, 4) is 0 Å². The number of hydrogen-bond acceptors (Lipinski definition) is 7. The van der Waals surface area contributed by atoms with Crippen LogP contribution in [0.2, 0.25) is 0 Å². The Morgan fingerprint density at radius 2 is 1.77 bits per heavy atom. The molecule has 10 heteroatoms. The van der Waals surface area contributed by atoms with Crippen LogP contribution in [0.5, 0.6) is 0 Å². The fraction of sp³-hybridized carbons (Fsp3) is 0.400. The van der Waals surface area contributed by atoms with Gasteiger partial charge in [0.25, 0.3) is 11.5 Å². The molecule has 7 nitrogen and oxygen atoms in total. The fourth-order valence-corrected chi connectivity index (χ4v) is 6.55. The van der Waals surface area contributed by atoms with Gasteiger partial charge in [-0.2, -0.15) is 0 Å². The lowest BCUT2D eigenvalue weighted by molar-refractivity contribution is -0.122. The fourth-order valence-electron chi connectivity index (χ4n) is 5.29. The van der Waals surface area contributed by atoms with Crippen LogP contribution in [0.15, 0.2) is 58.4 Å². The number of pyridine rings is 1. The summed E-state index contributed by atoms with van der Waals surface area (Å²) in [6.45, 7) is 7.18. The highest BCUT2D eigenvalue weighted by atomic mass is 32.2. The van der Waals surface area contributed by atoms with Gasteiger partial charge in [-0.05, 0) is 42.7 Å². The molecule has 40 heavy (non-hydrogen) atoms. The van der Waals surface area contributed by atoms with E-state index in [9.17, 15) is 14.0 Å². The Labute approximate surface area is 243 Å². The molecule has 1 aromatic carbocycles. The predicted octanol–water partition coefficient (Wildman–Crippen LogP) is 5.58. The number of thiocarbonyl (C=S) groups is 1. The van der Waals surface area contributed by atoms with E-state index in [1.54, 1.807) is 41.4 Å². The maximum Gasteiger partial charge on any atom is 0.267 e. The minimum atomic E-state index is -0.249. The van der Waals surface area contributed by atoms with E-state index in [0.717, 1.165) is 25.7 Å². The van der Waals surface area contributed by atoms with Crippen LogP contribution < -0.4 is 15.4 Å². The van der Waals surface area contributed by atoms with Gasteiger partial charge in [0.05, 0.1) is 16.2 Å². The van der Waals surface area contributed by atoms with Gasteiger partial charge in [-0.1, -0.05) is 75.3 Å². The van der Waals surface area contributed by atoms with Crippen molar-refractivity contribution in [3.05, 3.63) is 75.3 Å². The van der Waals surface area contributed by atoms with Crippen LogP contribution in [0, 0.1) is 11.7 Å². The second-order valence-electron chi connectivity index (χ2n) is 10.2. The quantitative estimate of drug-likeness (QED) is 0.242. The van der Waals surface area contributed by atoms with Gasteiger partial charge in [-0.25, -0.2) is 9.37 Å². The number of carbonyl (C=O) groups excluding carboxylic acids is 1. The van der Waals surface area contributed by atoms with Crippen molar-refractivity contribution < 1.29 is 9.18 Å². The van der Waals surface area contributed by atoms with Gasteiger partial charge in [0.2, 0.25) is 0 Å². The molecule has 2 fully saturated rings. The van der Waals surface area contributed by atoms with Crippen LogP contribution in [0.4, 0.5) is 15.9 Å². The molecule has 2 aliphatic heterocycles. The number of thioether (sulfide) groups is 1. The topological polar surface area (TPSA) is 61.2 Å². The molecular formula is C30H34FN5O2S2. The number of amides is 1. The number of nitrogens with zero attached hydrogens (tertiary/aromatic N) is 5. The minimum absolute atomic E-state index is 0.155. The van der Waals surface area contributed by atoms with Crippen molar-refractivity contribution in [2.75, 3.05) is 42.5 Å². The summed E-state index contributed by atoms with van der Waals surface area (Å²) in [4.78, 5) is 38.3. The largest absolute Gasteiger partial charge is 0.366 e. The Kier molecular flexibility index (Phi) is 8.85. The molecule has 4 heterocycles. The number of para-hydroxylation sites is 1. The maximum absolute atomic E-state index is 14.4. The summed E-state index contributed by atoms with van der Waals surface area (Å²) in [7, 11) is 0. The second kappa shape index (κ2) is 12.5. The van der Waals surface area contributed by atoms with Crippen molar-refractivity contribution in [1.29, 1.82) is 0 Å². The maximum atomic E-state index is 14.4. The Balaban J connectivity index is 1.46. The van der Waals surface area contributed by atoms with E-state index in [4.69, 9.17) is 17.2 Å². The zero-order valence-electron chi connectivity index (χ0n) is 22.9. The number of carbonyl (C=O) groups is 1. The average Bonchev–Trinajstić information content (AvgIpc) is 3.24. The number of hydrogen-bond donors (Lipinski definition) is 0. The molecule has 0 aliphatic carbocycles. The molecule has 0 N–H and O–H groups in total. The molecule has 0 saturated carbocycles. The van der Waals surface area contributed by atoms with E-state index < -0.39 is 0 Å². The van der Waals surface area contributed by atoms with Crippen LogP contribution in [0.25, 0.3) is 11.7 Å². The van der Waals surface area contributed by atoms with E-state index in [0.29, 0.717) is 70.6 Å². The highest BCUT2D eigenvalue weighted by molar-refractivity contribution is 8.26. The molecule has 1 unspecified atom stereocenters. The van der Waals surface area contributed by atoms with Gasteiger partial charge >= 0.3 is 0 Å². The SMILES string of the molecule is CCCCC(CC)CN1C(=O)/C(=C\c2c(N3CCN(c4ccccc4F)CC3)nc3ccccn3c2=O)SC1=S. The van der Waals surface area contributed by atoms with Gasteiger partial charge in [0.15, 0.2) is 0 Å². The van der Waals surface area contributed by atoms with Crippen molar-refractivity contribution in [2.24, 2.45) is 5.92 Å². The minimum Gasteiger partial charge on any atom is -0.366 e. The Hall–Kier alpha value is -3.24. The molecule has 3 aromatic rings. The number of anilines is 2. The first kappa shape index (κ1) is 28.3. The van der Waals surface area contributed by atoms with Crippen molar-refractivity contribution in [2.45, 2.75) is 39.5 Å². The molecular weight excluding hydrogens is 545 g/mol. The summed E-state index contributed by atoms with van der Waals surface area (Å²) in [5, 5.41) is 0.